The number of esters is 2. The zero-order chi connectivity index (χ0) is 14.6. The molecule has 0 fully saturated rings. The van der Waals surface area contributed by atoms with E-state index >= 15 is 0 Å². The van der Waals surface area contributed by atoms with E-state index in [1.54, 1.807) is 0 Å². The Bertz CT molecular complexity index is 562. The van der Waals surface area contributed by atoms with Gasteiger partial charge in [-0.05, 0) is 24.3 Å². The topological polar surface area (TPSA) is 86.7 Å². The number of halogens is 1. The molecule has 0 radical (unpaired) electrons. The third kappa shape index (κ3) is 3.32. The highest BCUT2D eigenvalue weighted by molar-refractivity contribution is 9.10. The van der Waals surface area contributed by atoms with E-state index < -0.39 is 27.0 Å². The predicted octanol–water partition coefficient (Wildman–Crippen LogP) is 0.937. The molecule has 0 aliphatic rings. The van der Waals surface area contributed by atoms with Crippen molar-refractivity contribution in [3.05, 3.63) is 28.7 Å². The maximum atomic E-state index is 12.2. The molecule has 0 unspecified atom stereocenters. The van der Waals surface area contributed by atoms with Crippen LogP contribution in [0, 0.1) is 0 Å². The quantitative estimate of drug-likeness (QED) is 0.593. The molecule has 0 bridgehead atoms. The molecule has 0 heterocycles. The third-order valence-corrected chi connectivity index (χ3v) is 4.75. The molecule has 0 N–H and O–H groups in total. The number of benzene rings is 1. The highest BCUT2D eigenvalue weighted by atomic mass is 79.9. The maximum Gasteiger partial charge on any atom is 0.336 e. The SMILES string of the molecule is COC(=O)C(C(=O)OC)S(=O)(=O)c1ccc(Br)cc1. The molecule has 19 heavy (non-hydrogen) atoms. The van der Waals surface area contributed by atoms with Crippen LogP contribution in [0.4, 0.5) is 0 Å². The molecule has 1 aromatic carbocycles. The van der Waals surface area contributed by atoms with Gasteiger partial charge in [0.2, 0.25) is 9.84 Å². The second-order valence-corrected chi connectivity index (χ2v) is 6.37. The summed E-state index contributed by atoms with van der Waals surface area (Å²) < 4.78 is 33.8. The summed E-state index contributed by atoms with van der Waals surface area (Å²) in [6.07, 6.45) is 0. The van der Waals surface area contributed by atoms with Gasteiger partial charge in [-0.25, -0.2) is 8.42 Å². The summed E-state index contributed by atoms with van der Waals surface area (Å²) in [5.41, 5.74) is 0. The van der Waals surface area contributed by atoms with Crippen LogP contribution in [0.15, 0.2) is 33.6 Å². The number of hydrogen-bond donors (Lipinski definition) is 0. The van der Waals surface area contributed by atoms with Gasteiger partial charge in [0.05, 0.1) is 19.1 Å². The highest BCUT2D eigenvalue weighted by Crippen LogP contribution is 2.20. The molecule has 104 valence electrons. The summed E-state index contributed by atoms with van der Waals surface area (Å²) in [5.74, 6) is -2.37. The van der Waals surface area contributed by atoms with E-state index in [-0.39, 0.29) is 4.90 Å². The van der Waals surface area contributed by atoms with Gasteiger partial charge in [0.25, 0.3) is 5.25 Å². The second kappa shape index (κ2) is 6.16. The van der Waals surface area contributed by atoms with Crippen LogP contribution in [0.2, 0.25) is 0 Å². The largest absolute Gasteiger partial charge is 0.468 e. The van der Waals surface area contributed by atoms with Crippen molar-refractivity contribution in [2.45, 2.75) is 10.1 Å². The van der Waals surface area contributed by atoms with E-state index in [2.05, 4.69) is 25.4 Å². The summed E-state index contributed by atoms with van der Waals surface area (Å²) >= 11 is 3.16. The Morgan fingerprint density at radius 1 is 1.05 bits per heavy atom. The average Bonchev–Trinajstić information content (AvgIpc) is 2.38. The van der Waals surface area contributed by atoms with Crippen LogP contribution in [-0.2, 0) is 28.9 Å². The molecule has 0 aromatic heterocycles. The fourth-order valence-electron chi connectivity index (χ4n) is 1.32. The van der Waals surface area contributed by atoms with Crippen molar-refractivity contribution in [3.63, 3.8) is 0 Å². The van der Waals surface area contributed by atoms with E-state index in [9.17, 15) is 18.0 Å². The van der Waals surface area contributed by atoms with Gasteiger partial charge in [0.15, 0.2) is 0 Å². The van der Waals surface area contributed by atoms with Crippen LogP contribution in [0.25, 0.3) is 0 Å². The molecule has 0 atom stereocenters. The first-order valence-corrected chi connectivity index (χ1v) is 7.33. The molecule has 0 aliphatic carbocycles. The predicted molar refractivity (Wildman–Crippen MR) is 69.1 cm³/mol. The maximum absolute atomic E-state index is 12.2. The van der Waals surface area contributed by atoms with Gasteiger partial charge in [-0.2, -0.15) is 0 Å². The molecular weight excluding hydrogens is 340 g/mol. The van der Waals surface area contributed by atoms with Gasteiger partial charge in [-0.3, -0.25) is 9.59 Å². The van der Waals surface area contributed by atoms with Crippen LogP contribution in [0.1, 0.15) is 0 Å². The van der Waals surface area contributed by atoms with Crippen molar-refractivity contribution in [2.24, 2.45) is 0 Å². The number of hydrogen-bond acceptors (Lipinski definition) is 6. The van der Waals surface area contributed by atoms with Gasteiger partial charge in [0.1, 0.15) is 0 Å². The Hall–Kier alpha value is -1.41. The van der Waals surface area contributed by atoms with E-state index in [4.69, 9.17) is 0 Å². The average molecular weight is 351 g/mol. The zero-order valence-corrected chi connectivity index (χ0v) is 12.5. The van der Waals surface area contributed by atoms with E-state index in [0.29, 0.717) is 4.47 Å². The molecule has 6 nitrogen and oxygen atoms in total. The lowest BCUT2D eigenvalue weighted by Crippen LogP contribution is -2.39. The lowest BCUT2D eigenvalue weighted by Gasteiger charge is -2.13. The normalized spacial score (nSPS) is 11.2. The minimum atomic E-state index is -4.21. The standard InChI is InChI=1S/C11H11BrO6S/c1-17-10(13)9(11(14)18-2)19(15,16)8-5-3-7(12)4-6-8/h3-6,9H,1-2H3. The molecule has 0 saturated heterocycles. The fourth-order valence-corrected chi connectivity index (χ4v) is 3.08. The van der Waals surface area contributed by atoms with Gasteiger partial charge < -0.3 is 9.47 Å². The van der Waals surface area contributed by atoms with Gasteiger partial charge in [-0.15, -0.1) is 0 Å². The Labute approximate surface area is 118 Å². The smallest absolute Gasteiger partial charge is 0.336 e. The second-order valence-electron chi connectivity index (χ2n) is 3.43. The van der Waals surface area contributed by atoms with Crippen LogP contribution in [0.3, 0.4) is 0 Å². The summed E-state index contributed by atoms with van der Waals surface area (Å²) in [6, 6.07) is 5.52. The number of sulfone groups is 1. The molecule has 0 amide bonds. The van der Waals surface area contributed by atoms with Crippen LogP contribution < -0.4 is 0 Å². The Morgan fingerprint density at radius 2 is 1.47 bits per heavy atom. The summed E-state index contributed by atoms with van der Waals surface area (Å²) in [5, 5.41) is -2.02. The molecule has 0 aliphatic heterocycles. The van der Waals surface area contributed by atoms with Crippen molar-refractivity contribution >= 4 is 37.7 Å². The number of carbonyl (C=O) groups excluding carboxylic acids is 2. The molecule has 1 aromatic rings. The van der Waals surface area contributed by atoms with Gasteiger partial charge in [0, 0.05) is 4.47 Å². The summed E-state index contributed by atoms with van der Waals surface area (Å²) in [7, 11) is -2.22. The van der Waals surface area contributed by atoms with Crippen LogP contribution >= 0.6 is 15.9 Å². The van der Waals surface area contributed by atoms with Crippen LogP contribution in [0.5, 0.6) is 0 Å². The fraction of sp³-hybridized carbons (Fsp3) is 0.273. The molecule has 0 saturated carbocycles. The monoisotopic (exact) mass is 350 g/mol. The molecule has 8 heteroatoms. The first kappa shape index (κ1) is 15.6. The van der Waals surface area contributed by atoms with Crippen molar-refractivity contribution in [1.29, 1.82) is 0 Å². The van der Waals surface area contributed by atoms with Crippen molar-refractivity contribution in [3.8, 4) is 0 Å². The molecular formula is C11H11BrO6S. The summed E-state index contributed by atoms with van der Waals surface area (Å²) in [4.78, 5) is 22.8. The van der Waals surface area contributed by atoms with Gasteiger partial charge >= 0.3 is 11.9 Å². The lowest BCUT2D eigenvalue weighted by atomic mass is 10.4. The summed E-state index contributed by atoms with van der Waals surface area (Å²) in [6.45, 7) is 0. The van der Waals surface area contributed by atoms with Crippen molar-refractivity contribution in [1.82, 2.24) is 0 Å². The Morgan fingerprint density at radius 3 is 1.84 bits per heavy atom. The Kier molecular flexibility index (Phi) is 5.07. The molecule has 0 spiro atoms. The molecule has 1 rings (SSSR count). The van der Waals surface area contributed by atoms with Crippen LogP contribution in [-0.4, -0.2) is 39.8 Å². The first-order valence-electron chi connectivity index (χ1n) is 4.99. The lowest BCUT2D eigenvalue weighted by molar-refractivity contribution is -0.150. The van der Waals surface area contributed by atoms with Crippen molar-refractivity contribution < 1.29 is 27.5 Å². The van der Waals surface area contributed by atoms with Gasteiger partial charge in [-0.1, -0.05) is 15.9 Å². The first-order chi connectivity index (χ1) is 8.84. The van der Waals surface area contributed by atoms with E-state index in [1.807, 2.05) is 0 Å². The highest BCUT2D eigenvalue weighted by Gasteiger charge is 2.42. The van der Waals surface area contributed by atoms with Crippen molar-refractivity contribution in [2.75, 3.05) is 14.2 Å². The van der Waals surface area contributed by atoms with E-state index in [1.165, 1.54) is 24.3 Å². The minimum Gasteiger partial charge on any atom is -0.468 e. The number of methoxy groups -OCH3 is 2. The number of ether oxygens (including phenoxy) is 2. The Balaban J connectivity index is 3.31. The zero-order valence-electron chi connectivity index (χ0n) is 10.1. The van der Waals surface area contributed by atoms with E-state index in [0.717, 1.165) is 14.2 Å². The third-order valence-electron chi connectivity index (χ3n) is 2.28. The minimum absolute atomic E-state index is 0.170. The number of carbonyl (C=O) groups is 2. The number of rotatable bonds is 4.